The minimum atomic E-state index is -0.211. The number of ether oxygens (including phenoxy) is 1. The van der Waals surface area contributed by atoms with E-state index in [0.717, 1.165) is 0 Å². The smallest absolute Gasteiger partial charge is 0.302 e. The number of esters is 1. The van der Waals surface area contributed by atoms with Crippen molar-refractivity contribution in [1.29, 1.82) is 0 Å². The summed E-state index contributed by atoms with van der Waals surface area (Å²) in [7, 11) is 0. The molecule has 0 atom stereocenters. The summed E-state index contributed by atoms with van der Waals surface area (Å²) in [5.41, 5.74) is 0. The second-order valence-electron chi connectivity index (χ2n) is 3.07. The molecule has 0 aromatic carbocycles. The van der Waals surface area contributed by atoms with Gasteiger partial charge in [0, 0.05) is 19.4 Å². The molecular formula is C11H24O4. The molecular weight excluding hydrogens is 196 g/mol. The van der Waals surface area contributed by atoms with Crippen LogP contribution < -0.4 is 0 Å². The molecule has 0 aliphatic rings. The fourth-order valence-corrected chi connectivity index (χ4v) is 0.203. The molecule has 15 heavy (non-hydrogen) atoms. The van der Waals surface area contributed by atoms with E-state index in [0.29, 0.717) is 13.0 Å². The predicted octanol–water partition coefficient (Wildman–Crippen LogP) is 1.94. The lowest BCUT2D eigenvalue weighted by molar-refractivity contribution is -0.140. The van der Waals surface area contributed by atoms with Crippen molar-refractivity contribution in [3.05, 3.63) is 0 Å². The molecule has 0 bridgehead atoms. The van der Waals surface area contributed by atoms with Crippen molar-refractivity contribution in [2.75, 3.05) is 6.61 Å². The number of hydrogen-bond donors (Lipinski definition) is 1. The molecule has 0 amide bonds. The third-order valence-corrected chi connectivity index (χ3v) is 0.845. The molecule has 4 nitrogen and oxygen atoms in total. The first-order valence-electron chi connectivity index (χ1n) is 5.08. The zero-order valence-corrected chi connectivity index (χ0v) is 10.7. The van der Waals surface area contributed by atoms with Gasteiger partial charge < -0.3 is 14.6 Å². The van der Waals surface area contributed by atoms with E-state index >= 15 is 0 Å². The highest BCUT2D eigenvalue weighted by molar-refractivity contribution is 5.74. The summed E-state index contributed by atoms with van der Waals surface area (Å²) in [4.78, 5) is 19.6. The van der Waals surface area contributed by atoms with Crippen molar-refractivity contribution in [3.8, 4) is 0 Å². The number of aliphatic hydroxyl groups is 1. The average Bonchev–Trinajstić information content (AvgIpc) is 2.03. The summed E-state index contributed by atoms with van der Waals surface area (Å²) in [6, 6.07) is 0. The number of carbonyl (C=O) groups is 2. The fourth-order valence-electron chi connectivity index (χ4n) is 0.203. The molecule has 0 heterocycles. The minimum Gasteiger partial charge on any atom is -0.466 e. The van der Waals surface area contributed by atoms with Crippen LogP contribution in [0.4, 0.5) is 0 Å². The lowest BCUT2D eigenvalue weighted by Gasteiger charge is -1.89. The Bertz CT molecular complexity index is 150. The highest BCUT2D eigenvalue weighted by atomic mass is 16.5. The van der Waals surface area contributed by atoms with Gasteiger partial charge in [-0.05, 0) is 27.7 Å². The molecule has 0 rings (SSSR count). The van der Waals surface area contributed by atoms with Crippen LogP contribution in [0.1, 0.15) is 48.0 Å². The monoisotopic (exact) mass is 220 g/mol. The van der Waals surface area contributed by atoms with Crippen molar-refractivity contribution in [2.45, 2.75) is 54.1 Å². The van der Waals surface area contributed by atoms with Crippen molar-refractivity contribution in [2.24, 2.45) is 0 Å². The molecule has 0 fully saturated rings. The van der Waals surface area contributed by atoms with Gasteiger partial charge in [0.1, 0.15) is 5.78 Å². The Hall–Kier alpha value is -0.900. The van der Waals surface area contributed by atoms with Crippen LogP contribution in [-0.2, 0) is 14.3 Å². The maximum atomic E-state index is 9.82. The summed E-state index contributed by atoms with van der Waals surface area (Å²) in [6.45, 7) is 10.5. The summed E-state index contributed by atoms with van der Waals surface area (Å²) in [6.07, 6.45) is 0.500. The zero-order chi connectivity index (χ0) is 12.9. The van der Waals surface area contributed by atoms with E-state index in [9.17, 15) is 9.59 Å². The van der Waals surface area contributed by atoms with Gasteiger partial charge in [0.25, 0.3) is 0 Å². The lowest BCUT2D eigenvalue weighted by atomic mass is 10.4. The third kappa shape index (κ3) is 96.0. The van der Waals surface area contributed by atoms with E-state index in [2.05, 4.69) is 4.74 Å². The molecule has 0 aliphatic heterocycles. The fraction of sp³-hybridized carbons (Fsp3) is 0.818. The number of Topliss-reactive ketones (excluding diaryl/α,β-unsaturated/α-hetero) is 1. The van der Waals surface area contributed by atoms with E-state index < -0.39 is 0 Å². The summed E-state index contributed by atoms with van der Waals surface area (Å²) in [5.74, 6) is 0.0440. The largest absolute Gasteiger partial charge is 0.466 e. The highest BCUT2D eigenvalue weighted by Gasteiger charge is 1.81. The number of hydrogen-bond acceptors (Lipinski definition) is 4. The van der Waals surface area contributed by atoms with Crippen molar-refractivity contribution in [3.63, 3.8) is 0 Å². The molecule has 1 N–H and O–H groups in total. The Morgan fingerprint density at radius 2 is 1.47 bits per heavy atom. The van der Waals surface area contributed by atoms with Gasteiger partial charge in [-0.15, -0.1) is 0 Å². The molecule has 0 radical (unpaired) electrons. The minimum absolute atomic E-state index is 0.167. The van der Waals surface area contributed by atoms with Crippen molar-refractivity contribution in [1.82, 2.24) is 0 Å². The Morgan fingerprint density at radius 3 is 1.47 bits per heavy atom. The van der Waals surface area contributed by atoms with Crippen LogP contribution in [0.25, 0.3) is 0 Å². The lowest BCUT2D eigenvalue weighted by Crippen LogP contribution is -1.95. The maximum absolute atomic E-state index is 9.82. The van der Waals surface area contributed by atoms with Crippen LogP contribution in [0.2, 0.25) is 0 Å². The van der Waals surface area contributed by atoms with Crippen LogP contribution in [0.5, 0.6) is 0 Å². The molecule has 0 saturated heterocycles. The Labute approximate surface area is 92.6 Å². The molecule has 4 heteroatoms. The van der Waals surface area contributed by atoms with Crippen molar-refractivity contribution >= 4 is 11.8 Å². The SMILES string of the molecule is CC(C)O.CCC(C)=O.CCOC(C)=O. The number of carbonyl (C=O) groups excluding carboxylic acids is 2. The van der Waals surface area contributed by atoms with Crippen LogP contribution in [0, 0.1) is 0 Å². The van der Waals surface area contributed by atoms with E-state index in [-0.39, 0.29) is 17.9 Å². The Morgan fingerprint density at radius 1 is 1.20 bits per heavy atom. The summed E-state index contributed by atoms with van der Waals surface area (Å²) < 4.78 is 4.40. The van der Waals surface area contributed by atoms with E-state index in [1.807, 2.05) is 6.92 Å². The number of aliphatic hydroxyl groups excluding tert-OH is 1. The Balaban J connectivity index is -0.000000147. The second kappa shape index (κ2) is 15.6. The maximum Gasteiger partial charge on any atom is 0.302 e. The topological polar surface area (TPSA) is 63.6 Å². The molecule has 0 unspecified atom stereocenters. The van der Waals surface area contributed by atoms with E-state index in [4.69, 9.17) is 5.11 Å². The second-order valence-corrected chi connectivity index (χ2v) is 3.07. The van der Waals surface area contributed by atoms with Gasteiger partial charge in [0.15, 0.2) is 0 Å². The van der Waals surface area contributed by atoms with Gasteiger partial charge in [0.2, 0.25) is 0 Å². The Kier molecular flexibility index (Phi) is 20.4. The third-order valence-electron chi connectivity index (χ3n) is 0.845. The average molecular weight is 220 g/mol. The first kappa shape index (κ1) is 19.6. The molecule has 92 valence electrons. The standard InChI is InChI=1S/C4H8O2.C4H8O.C3H8O/c1-3-6-4(2)5;1-3-4(2)5;1-3(2)4/h3H2,1-2H3;3H2,1-2H3;3-4H,1-2H3. The van der Waals surface area contributed by atoms with E-state index in [1.54, 1.807) is 27.7 Å². The molecule has 0 aromatic rings. The molecule has 0 saturated carbocycles. The van der Waals surface area contributed by atoms with Gasteiger partial charge in [-0.2, -0.15) is 0 Å². The molecule has 0 aliphatic carbocycles. The van der Waals surface area contributed by atoms with Crippen molar-refractivity contribution < 1.29 is 19.4 Å². The van der Waals surface area contributed by atoms with Gasteiger partial charge in [0.05, 0.1) is 6.61 Å². The zero-order valence-electron chi connectivity index (χ0n) is 10.7. The highest BCUT2D eigenvalue weighted by Crippen LogP contribution is 1.71. The van der Waals surface area contributed by atoms with Gasteiger partial charge in [-0.25, -0.2) is 0 Å². The van der Waals surface area contributed by atoms with E-state index in [1.165, 1.54) is 6.92 Å². The van der Waals surface area contributed by atoms with Gasteiger partial charge in [-0.1, -0.05) is 6.92 Å². The van der Waals surface area contributed by atoms with Gasteiger partial charge in [-0.3, -0.25) is 4.79 Å². The molecule has 0 spiro atoms. The number of ketones is 1. The summed E-state index contributed by atoms with van der Waals surface area (Å²) in [5, 5.41) is 8.06. The van der Waals surface area contributed by atoms with Crippen LogP contribution in [-0.4, -0.2) is 29.6 Å². The van der Waals surface area contributed by atoms with Gasteiger partial charge >= 0.3 is 5.97 Å². The quantitative estimate of drug-likeness (QED) is 0.722. The van der Waals surface area contributed by atoms with Crippen LogP contribution in [0.15, 0.2) is 0 Å². The predicted molar refractivity (Wildman–Crippen MR) is 60.6 cm³/mol. The normalized spacial score (nSPS) is 8.00. The van der Waals surface area contributed by atoms with Crippen LogP contribution >= 0.6 is 0 Å². The summed E-state index contributed by atoms with van der Waals surface area (Å²) >= 11 is 0. The van der Waals surface area contributed by atoms with Crippen LogP contribution in [0.3, 0.4) is 0 Å². The number of rotatable bonds is 2. The first-order valence-corrected chi connectivity index (χ1v) is 5.08. The first-order chi connectivity index (χ1) is 6.77. The molecule has 0 aromatic heterocycles.